The molecule has 0 radical (unpaired) electrons. The van der Waals surface area contributed by atoms with Gasteiger partial charge in [0.25, 0.3) is 0 Å². The number of nitrogens with zero attached hydrogens (tertiary/aromatic N) is 2. The van der Waals surface area contributed by atoms with Crippen molar-refractivity contribution in [2.75, 3.05) is 0 Å². The summed E-state index contributed by atoms with van der Waals surface area (Å²) in [7, 11) is 0. The van der Waals surface area contributed by atoms with Gasteiger partial charge < -0.3 is 4.57 Å². The van der Waals surface area contributed by atoms with Crippen LogP contribution in [0.5, 0.6) is 0 Å². The van der Waals surface area contributed by atoms with Crippen LogP contribution >= 0.6 is 0 Å². The third kappa shape index (κ3) is 3.86. The maximum absolute atomic E-state index is 4.56. The van der Waals surface area contributed by atoms with Crippen molar-refractivity contribution in [1.82, 2.24) is 9.55 Å². The number of aromatic nitrogens is 2. The van der Waals surface area contributed by atoms with Gasteiger partial charge in [0, 0.05) is 12.2 Å². The number of fused-ring (bicyclic) bond motifs is 1. The van der Waals surface area contributed by atoms with E-state index in [2.05, 4.69) is 22.8 Å². The van der Waals surface area contributed by atoms with Crippen molar-refractivity contribution >= 4 is 0 Å². The molecule has 2 nitrogen and oxygen atoms in total. The maximum atomic E-state index is 4.56. The van der Waals surface area contributed by atoms with Crippen molar-refractivity contribution in [1.29, 1.82) is 0 Å². The first kappa shape index (κ1) is 13.6. The van der Waals surface area contributed by atoms with Gasteiger partial charge in [-0.05, 0) is 32.1 Å². The fourth-order valence-corrected chi connectivity index (χ4v) is 2.96. The van der Waals surface area contributed by atoms with E-state index >= 15 is 0 Å². The van der Waals surface area contributed by atoms with Gasteiger partial charge in [-0.2, -0.15) is 0 Å². The summed E-state index contributed by atoms with van der Waals surface area (Å²) in [5, 5.41) is 0. The average molecular weight is 248 g/mol. The minimum atomic E-state index is 1.19. The number of hydrogen-bond donors (Lipinski definition) is 0. The number of rotatable bonds is 8. The minimum Gasteiger partial charge on any atom is -0.334 e. The first-order valence-corrected chi connectivity index (χ1v) is 7.94. The predicted octanol–water partition coefficient (Wildman–Crippen LogP) is 4.51. The Morgan fingerprint density at radius 1 is 1.00 bits per heavy atom. The van der Waals surface area contributed by atoms with Gasteiger partial charge in [-0.1, -0.05) is 45.4 Å². The first-order valence-electron chi connectivity index (χ1n) is 7.94. The number of aryl methyl sites for hydroxylation is 2. The highest BCUT2D eigenvalue weighted by molar-refractivity contribution is 5.16. The van der Waals surface area contributed by atoms with Gasteiger partial charge in [0.15, 0.2) is 0 Å². The van der Waals surface area contributed by atoms with Crippen molar-refractivity contribution in [2.24, 2.45) is 0 Å². The predicted molar refractivity (Wildman–Crippen MR) is 76.9 cm³/mol. The van der Waals surface area contributed by atoms with E-state index in [1.807, 2.05) is 0 Å². The van der Waals surface area contributed by atoms with Crippen LogP contribution in [0.1, 0.15) is 76.1 Å². The molecule has 0 unspecified atom stereocenters. The fraction of sp³-hybridized carbons (Fsp3) is 0.812. The van der Waals surface area contributed by atoms with E-state index in [1.54, 1.807) is 0 Å². The van der Waals surface area contributed by atoms with Gasteiger partial charge >= 0.3 is 0 Å². The molecule has 0 saturated heterocycles. The molecule has 1 aliphatic carbocycles. The van der Waals surface area contributed by atoms with Crippen molar-refractivity contribution in [3.8, 4) is 0 Å². The van der Waals surface area contributed by atoms with E-state index in [0.717, 1.165) is 0 Å². The molecule has 1 aromatic heterocycles. The maximum Gasteiger partial charge on any atom is 0.0951 e. The number of imidazole rings is 1. The molecule has 1 aromatic rings. The van der Waals surface area contributed by atoms with Crippen molar-refractivity contribution in [3.05, 3.63) is 17.7 Å². The van der Waals surface area contributed by atoms with Crippen LogP contribution in [-0.4, -0.2) is 9.55 Å². The lowest BCUT2D eigenvalue weighted by atomic mass is 10.0. The topological polar surface area (TPSA) is 17.8 Å². The lowest BCUT2D eigenvalue weighted by Crippen LogP contribution is -2.08. The van der Waals surface area contributed by atoms with E-state index < -0.39 is 0 Å². The van der Waals surface area contributed by atoms with Crippen LogP contribution in [0.15, 0.2) is 6.33 Å². The fourth-order valence-electron chi connectivity index (χ4n) is 2.96. The summed E-state index contributed by atoms with van der Waals surface area (Å²) in [6, 6.07) is 0. The standard InChI is InChI=1S/C16H28N2/c1-2-3-4-5-6-7-10-13-18-14-17-15-11-8-9-12-16(15)18/h14H,2-13H2,1H3. The molecule has 0 fully saturated rings. The lowest BCUT2D eigenvalue weighted by Gasteiger charge is -2.13. The molecule has 1 aliphatic rings. The Bertz CT molecular complexity index is 341. The highest BCUT2D eigenvalue weighted by atomic mass is 15.1. The Balaban J connectivity index is 1.63. The van der Waals surface area contributed by atoms with Gasteiger partial charge in [0.1, 0.15) is 0 Å². The van der Waals surface area contributed by atoms with E-state index in [-0.39, 0.29) is 0 Å². The Labute approximate surface area is 112 Å². The highest BCUT2D eigenvalue weighted by Gasteiger charge is 2.14. The summed E-state index contributed by atoms with van der Waals surface area (Å²) in [6.07, 6.45) is 17.0. The monoisotopic (exact) mass is 248 g/mol. The first-order chi connectivity index (χ1) is 8.92. The van der Waals surface area contributed by atoms with Crippen LogP contribution in [0.2, 0.25) is 0 Å². The molecule has 0 spiro atoms. The second-order valence-electron chi connectivity index (χ2n) is 5.66. The number of hydrogen-bond acceptors (Lipinski definition) is 1. The van der Waals surface area contributed by atoms with Crippen molar-refractivity contribution in [2.45, 2.75) is 84.1 Å². The smallest absolute Gasteiger partial charge is 0.0951 e. The molecule has 1 heterocycles. The molecule has 18 heavy (non-hydrogen) atoms. The lowest BCUT2D eigenvalue weighted by molar-refractivity contribution is 0.532. The SMILES string of the molecule is CCCCCCCCCn1cnc2c1CCCC2. The zero-order chi connectivity index (χ0) is 12.6. The summed E-state index contributed by atoms with van der Waals surface area (Å²) in [5.41, 5.74) is 2.91. The average Bonchev–Trinajstić information content (AvgIpc) is 2.81. The van der Waals surface area contributed by atoms with Crippen LogP contribution < -0.4 is 0 Å². The minimum absolute atomic E-state index is 1.19. The molecule has 0 N–H and O–H groups in total. The number of unbranched alkanes of at least 4 members (excludes halogenated alkanes) is 6. The Morgan fingerprint density at radius 2 is 1.72 bits per heavy atom. The normalized spacial score (nSPS) is 14.7. The Kier molecular flexibility index (Phi) is 5.76. The van der Waals surface area contributed by atoms with E-state index in [1.165, 1.54) is 88.6 Å². The third-order valence-corrected chi connectivity index (χ3v) is 4.11. The second-order valence-corrected chi connectivity index (χ2v) is 5.66. The molecule has 0 atom stereocenters. The molecule has 0 saturated carbocycles. The molecule has 0 amide bonds. The highest BCUT2D eigenvalue weighted by Crippen LogP contribution is 2.20. The zero-order valence-corrected chi connectivity index (χ0v) is 12.0. The van der Waals surface area contributed by atoms with E-state index in [9.17, 15) is 0 Å². The Morgan fingerprint density at radius 3 is 2.56 bits per heavy atom. The van der Waals surface area contributed by atoms with Crippen LogP contribution in [0.3, 0.4) is 0 Å². The van der Waals surface area contributed by atoms with Crippen molar-refractivity contribution < 1.29 is 0 Å². The summed E-state index contributed by atoms with van der Waals surface area (Å²) < 4.78 is 2.42. The zero-order valence-electron chi connectivity index (χ0n) is 12.0. The summed E-state index contributed by atoms with van der Waals surface area (Å²) in [4.78, 5) is 4.56. The summed E-state index contributed by atoms with van der Waals surface area (Å²) >= 11 is 0. The van der Waals surface area contributed by atoms with Crippen LogP contribution in [0.4, 0.5) is 0 Å². The largest absolute Gasteiger partial charge is 0.334 e. The van der Waals surface area contributed by atoms with Gasteiger partial charge in [-0.15, -0.1) is 0 Å². The van der Waals surface area contributed by atoms with E-state index in [4.69, 9.17) is 0 Å². The molecular formula is C16H28N2. The second kappa shape index (κ2) is 7.60. The molecular weight excluding hydrogens is 220 g/mol. The molecule has 0 aliphatic heterocycles. The Hall–Kier alpha value is -0.790. The van der Waals surface area contributed by atoms with E-state index in [0.29, 0.717) is 0 Å². The third-order valence-electron chi connectivity index (χ3n) is 4.11. The van der Waals surface area contributed by atoms with Crippen LogP contribution in [0, 0.1) is 0 Å². The van der Waals surface area contributed by atoms with Crippen LogP contribution in [-0.2, 0) is 19.4 Å². The van der Waals surface area contributed by atoms with Crippen LogP contribution in [0.25, 0.3) is 0 Å². The molecule has 2 rings (SSSR count). The van der Waals surface area contributed by atoms with Gasteiger partial charge in [0.05, 0.1) is 12.0 Å². The molecule has 102 valence electrons. The van der Waals surface area contributed by atoms with Gasteiger partial charge in [-0.3, -0.25) is 0 Å². The van der Waals surface area contributed by atoms with Gasteiger partial charge in [0.2, 0.25) is 0 Å². The van der Waals surface area contributed by atoms with Gasteiger partial charge in [-0.25, -0.2) is 4.98 Å². The molecule has 0 aromatic carbocycles. The quantitative estimate of drug-likeness (QED) is 0.619. The summed E-state index contributed by atoms with van der Waals surface area (Å²) in [5.74, 6) is 0. The summed E-state index contributed by atoms with van der Waals surface area (Å²) in [6.45, 7) is 3.47. The van der Waals surface area contributed by atoms with Crippen molar-refractivity contribution in [3.63, 3.8) is 0 Å². The molecule has 0 bridgehead atoms. The molecule has 2 heteroatoms.